The highest BCUT2D eigenvalue weighted by atomic mass is 16.5. The van der Waals surface area contributed by atoms with Gasteiger partial charge in [0.15, 0.2) is 0 Å². The summed E-state index contributed by atoms with van der Waals surface area (Å²) in [6.07, 6.45) is 0. The van der Waals surface area contributed by atoms with Crippen molar-refractivity contribution in [1.29, 1.82) is 0 Å². The third kappa shape index (κ3) is 4.51. The molecule has 1 fully saturated rings. The first-order valence-corrected chi connectivity index (χ1v) is 9.19. The lowest BCUT2D eigenvalue weighted by Crippen LogP contribution is -2.57. The lowest BCUT2D eigenvalue weighted by Gasteiger charge is -2.43. The van der Waals surface area contributed by atoms with E-state index >= 15 is 0 Å². The minimum Gasteiger partial charge on any atom is -0.497 e. The number of hydrogen-bond donors (Lipinski definition) is 1. The first kappa shape index (κ1) is 18.2. The maximum Gasteiger partial charge on any atom is 0.119 e. The number of methoxy groups -OCH3 is 1. The minimum absolute atomic E-state index is 0.186. The van der Waals surface area contributed by atoms with Gasteiger partial charge >= 0.3 is 0 Å². The third-order valence-corrected chi connectivity index (χ3v) is 5.36. The highest BCUT2D eigenvalue weighted by Gasteiger charge is 2.28. The Balaban J connectivity index is 1.57. The highest BCUT2D eigenvalue weighted by molar-refractivity contribution is 5.84. The average Bonchev–Trinajstić information content (AvgIpc) is 2.61. The normalized spacial score (nSPS) is 17.1. The van der Waals surface area contributed by atoms with Crippen molar-refractivity contribution in [2.45, 2.75) is 25.9 Å². The molecular formula is C21H31N3O. The van der Waals surface area contributed by atoms with E-state index in [0.717, 1.165) is 45.0 Å². The van der Waals surface area contributed by atoms with Crippen molar-refractivity contribution in [2.24, 2.45) is 0 Å². The molecule has 0 saturated carbocycles. The molecule has 0 aliphatic carbocycles. The molecule has 0 aromatic heterocycles. The van der Waals surface area contributed by atoms with Gasteiger partial charge in [0.1, 0.15) is 5.75 Å². The minimum atomic E-state index is 0.186. The summed E-state index contributed by atoms with van der Waals surface area (Å²) in [4.78, 5) is 5.01. The number of benzene rings is 2. The maximum atomic E-state index is 5.30. The van der Waals surface area contributed by atoms with Gasteiger partial charge in [0, 0.05) is 44.8 Å². The topological polar surface area (TPSA) is 27.7 Å². The summed E-state index contributed by atoms with van der Waals surface area (Å²) in [7, 11) is 3.92. The van der Waals surface area contributed by atoms with Crippen molar-refractivity contribution in [3.8, 4) is 5.75 Å². The summed E-state index contributed by atoms with van der Waals surface area (Å²) < 4.78 is 5.30. The molecule has 2 aromatic rings. The fourth-order valence-electron chi connectivity index (χ4n) is 3.55. The number of nitrogens with one attached hydrogen (secondary N) is 1. The van der Waals surface area contributed by atoms with Gasteiger partial charge in [-0.15, -0.1) is 0 Å². The first-order chi connectivity index (χ1) is 12.0. The number of likely N-dealkylation sites (N-methyl/N-ethyl adjacent to an activating group) is 1. The lowest BCUT2D eigenvalue weighted by molar-refractivity contribution is 0.0618. The SMILES string of the molecule is COc1ccc2cc(CNCC(C)(C)N3CCN(C)CC3)ccc2c1. The molecule has 0 radical (unpaired) electrons. The highest BCUT2D eigenvalue weighted by Crippen LogP contribution is 2.22. The van der Waals surface area contributed by atoms with Gasteiger partial charge in [-0.3, -0.25) is 4.90 Å². The monoisotopic (exact) mass is 341 g/mol. The molecule has 2 aromatic carbocycles. The van der Waals surface area contributed by atoms with E-state index in [4.69, 9.17) is 4.74 Å². The quantitative estimate of drug-likeness (QED) is 0.874. The molecule has 0 bridgehead atoms. The summed E-state index contributed by atoms with van der Waals surface area (Å²) >= 11 is 0. The van der Waals surface area contributed by atoms with Crippen LogP contribution in [0.4, 0.5) is 0 Å². The number of rotatable bonds is 6. The van der Waals surface area contributed by atoms with Crippen molar-refractivity contribution in [2.75, 3.05) is 46.9 Å². The molecule has 4 heteroatoms. The van der Waals surface area contributed by atoms with Crippen LogP contribution in [0.2, 0.25) is 0 Å². The van der Waals surface area contributed by atoms with Gasteiger partial charge in [0.25, 0.3) is 0 Å². The number of hydrogen-bond acceptors (Lipinski definition) is 4. The van der Waals surface area contributed by atoms with E-state index in [1.54, 1.807) is 7.11 Å². The Morgan fingerprint density at radius 3 is 2.40 bits per heavy atom. The largest absolute Gasteiger partial charge is 0.497 e. The van der Waals surface area contributed by atoms with E-state index < -0.39 is 0 Å². The van der Waals surface area contributed by atoms with Crippen LogP contribution in [0, 0.1) is 0 Å². The van der Waals surface area contributed by atoms with Crippen molar-refractivity contribution < 1.29 is 4.74 Å². The van der Waals surface area contributed by atoms with Crippen LogP contribution in [0.15, 0.2) is 36.4 Å². The summed E-state index contributed by atoms with van der Waals surface area (Å²) in [6.45, 7) is 11.2. The molecule has 0 atom stereocenters. The standard InChI is InChI=1S/C21H31N3O/c1-21(2,24-11-9-23(3)10-12-24)16-22-15-17-5-6-19-14-20(25-4)8-7-18(19)13-17/h5-8,13-14,22H,9-12,15-16H2,1-4H3. The summed E-state index contributed by atoms with van der Waals surface area (Å²) in [5, 5.41) is 6.14. The zero-order valence-corrected chi connectivity index (χ0v) is 16.0. The maximum absolute atomic E-state index is 5.30. The summed E-state index contributed by atoms with van der Waals surface area (Å²) in [5.41, 5.74) is 1.51. The van der Waals surface area contributed by atoms with Crippen molar-refractivity contribution >= 4 is 10.8 Å². The molecule has 1 aliphatic heterocycles. The Kier molecular flexibility index (Phi) is 5.62. The first-order valence-electron chi connectivity index (χ1n) is 9.19. The van der Waals surface area contributed by atoms with Crippen LogP contribution in [0.5, 0.6) is 5.75 Å². The van der Waals surface area contributed by atoms with Gasteiger partial charge in [-0.05, 0) is 55.4 Å². The Bertz CT molecular complexity index is 705. The van der Waals surface area contributed by atoms with Gasteiger partial charge < -0.3 is 15.0 Å². The van der Waals surface area contributed by atoms with Crippen molar-refractivity contribution in [3.05, 3.63) is 42.0 Å². The third-order valence-electron chi connectivity index (χ3n) is 5.36. The van der Waals surface area contributed by atoms with E-state index in [0.29, 0.717) is 0 Å². The van der Waals surface area contributed by atoms with E-state index in [-0.39, 0.29) is 5.54 Å². The number of fused-ring (bicyclic) bond motifs is 1. The van der Waals surface area contributed by atoms with Crippen LogP contribution in [0.25, 0.3) is 10.8 Å². The molecule has 1 saturated heterocycles. The smallest absolute Gasteiger partial charge is 0.119 e. The zero-order valence-electron chi connectivity index (χ0n) is 16.0. The summed E-state index contributed by atoms with van der Waals surface area (Å²) in [6, 6.07) is 12.9. The number of piperazine rings is 1. The van der Waals surface area contributed by atoms with Crippen molar-refractivity contribution in [3.63, 3.8) is 0 Å². The predicted molar refractivity (Wildman–Crippen MR) is 105 cm³/mol. The van der Waals surface area contributed by atoms with Gasteiger partial charge in [-0.2, -0.15) is 0 Å². The Morgan fingerprint density at radius 1 is 1.00 bits per heavy atom. The van der Waals surface area contributed by atoms with Crippen LogP contribution in [0.1, 0.15) is 19.4 Å². The van der Waals surface area contributed by atoms with Gasteiger partial charge in [-0.1, -0.05) is 18.2 Å². The average molecular weight is 341 g/mol. The van der Waals surface area contributed by atoms with Gasteiger partial charge in [0.2, 0.25) is 0 Å². The second-order valence-electron chi connectivity index (χ2n) is 7.75. The second kappa shape index (κ2) is 7.73. The van der Waals surface area contributed by atoms with Gasteiger partial charge in [-0.25, -0.2) is 0 Å². The van der Waals surface area contributed by atoms with Crippen LogP contribution < -0.4 is 10.1 Å². The van der Waals surface area contributed by atoms with E-state index in [1.165, 1.54) is 16.3 Å². The fourth-order valence-corrected chi connectivity index (χ4v) is 3.55. The van der Waals surface area contributed by atoms with Crippen LogP contribution >= 0.6 is 0 Å². The molecule has 1 N–H and O–H groups in total. The van der Waals surface area contributed by atoms with Crippen LogP contribution in [-0.2, 0) is 6.54 Å². The second-order valence-corrected chi connectivity index (χ2v) is 7.75. The lowest BCUT2D eigenvalue weighted by atomic mass is 10.0. The Labute approximate surface area is 151 Å². The fraction of sp³-hybridized carbons (Fsp3) is 0.524. The Morgan fingerprint density at radius 2 is 1.68 bits per heavy atom. The molecule has 1 heterocycles. The number of ether oxygens (including phenoxy) is 1. The molecule has 0 spiro atoms. The van der Waals surface area contributed by atoms with E-state index in [1.807, 2.05) is 6.07 Å². The molecule has 3 rings (SSSR count). The summed E-state index contributed by atoms with van der Waals surface area (Å²) in [5.74, 6) is 0.910. The molecule has 136 valence electrons. The molecule has 1 aliphatic rings. The molecule has 0 amide bonds. The van der Waals surface area contributed by atoms with E-state index in [2.05, 4.69) is 66.3 Å². The Hall–Kier alpha value is -1.62. The molecule has 25 heavy (non-hydrogen) atoms. The number of nitrogens with zero attached hydrogens (tertiary/aromatic N) is 2. The van der Waals surface area contributed by atoms with E-state index in [9.17, 15) is 0 Å². The molecular weight excluding hydrogens is 310 g/mol. The van der Waals surface area contributed by atoms with Crippen LogP contribution in [-0.4, -0.2) is 62.2 Å². The zero-order chi connectivity index (χ0) is 17.9. The molecule has 0 unspecified atom stereocenters. The molecule has 4 nitrogen and oxygen atoms in total. The van der Waals surface area contributed by atoms with Crippen LogP contribution in [0.3, 0.4) is 0 Å². The van der Waals surface area contributed by atoms with Crippen molar-refractivity contribution in [1.82, 2.24) is 15.1 Å². The predicted octanol–water partition coefficient (Wildman–Crippen LogP) is 2.96. The van der Waals surface area contributed by atoms with Gasteiger partial charge in [0.05, 0.1) is 7.11 Å².